The smallest absolute Gasteiger partial charge is 0.279 e. The van der Waals surface area contributed by atoms with Gasteiger partial charge in [-0.05, 0) is 6.07 Å². The standard InChI is InChI=1S/C8H4F2N2O2/c9-7(10)6-5(3-13)1-4(2-11)8(14)12-6/h1,3,7H,(H,12,14). The molecule has 0 amide bonds. The second-order valence-electron chi connectivity index (χ2n) is 2.41. The molecule has 0 unspecified atom stereocenters. The van der Waals surface area contributed by atoms with E-state index < -0.39 is 17.7 Å². The van der Waals surface area contributed by atoms with E-state index in [1.807, 2.05) is 0 Å². The van der Waals surface area contributed by atoms with Gasteiger partial charge in [0, 0.05) is 5.56 Å². The van der Waals surface area contributed by atoms with Gasteiger partial charge in [-0.3, -0.25) is 9.59 Å². The van der Waals surface area contributed by atoms with Crippen LogP contribution in [0.2, 0.25) is 0 Å². The zero-order valence-corrected chi connectivity index (χ0v) is 6.75. The Morgan fingerprint density at radius 1 is 1.57 bits per heavy atom. The van der Waals surface area contributed by atoms with Crippen molar-refractivity contribution in [3.8, 4) is 6.07 Å². The molecule has 0 aliphatic heterocycles. The van der Waals surface area contributed by atoms with Crippen LogP contribution in [0.4, 0.5) is 8.78 Å². The first-order chi connectivity index (χ1) is 6.60. The number of nitriles is 1. The molecule has 0 fully saturated rings. The van der Waals surface area contributed by atoms with E-state index in [0.29, 0.717) is 0 Å². The molecule has 72 valence electrons. The summed E-state index contributed by atoms with van der Waals surface area (Å²) in [5, 5.41) is 8.39. The second-order valence-corrected chi connectivity index (χ2v) is 2.41. The molecule has 14 heavy (non-hydrogen) atoms. The van der Waals surface area contributed by atoms with Gasteiger partial charge in [-0.1, -0.05) is 0 Å². The number of nitrogens with one attached hydrogen (secondary N) is 1. The van der Waals surface area contributed by atoms with Crippen LogP contribution < -0.4 is 5.56 Å². The maximum absolute atomic E-state index is 12.2. The van der Waals surface area contributed by atoms with Crippen molar-refractivity contribution in [2.24, 2.45) is 0 Å². The number of H-pyrrole nitrogens is 1. The summed E-state index contributed by atoms with van der Waals surface area (Å²) in [4.78, 5) is 23.0. The molecule has 0 atom stereocenters. The van der Waals surface area contributed by atoms with E-state index in [1.165, 1.54) is 6.07 Å². The number of alkyl halides is 2. The quantitative estimate of drug-likeness (QED) is 0.720. The first kappa shape index (κ1) is 10.1. The van der Waals surface area contributed by atoms with Crippen LogP contribution in [-0.2, 0) is 0 Å². The van der Waals surface area contributed by atoms with E-state index >= 15 is 0 Å². The normalized spacial score (nSPS) is 9.86. The number of halogens is 2. The molecule has 0 aromatic carbocycles. The second kappa shape index (κ2) is 3.79. The molecule has 1 N–H and O–H groups in total. The van der Waals surface area contributed by atoms with E-state index in [0.717, 1.165) is 6.07 Å². The molecule has 1 heterocycles. The Hall–Kier alpha value is -2.03. The molecule has 0 radical (unpaired) electrons. The van der Waals surface area contributed by atoms with Gasteiger partial charge in [0.2, 0.25) is 0 Å². The van der Waals surface area contributed by atoms with E-state index in [-0.39, 0.29) is 17.4 Å². The molecule has 0 bridgehead atoms. The molecule has 6 heteroatoms. The summed E-state index contributed by atoms with van der Waals surface area (Å²) in [6.45, 7) is 0. The highest BCUT2D eigenvalue weighted by Crippen LogP contribution is 2.18. The third kappa shape index (κ3) is 1.66. The lowest BCUT2D eigenvalue weighted by molar-refractivity contribution is 0.110. The maximum Gasteiger partial charge on any atom is 0.279 e. The molecular formula is C8H4F2N2O2. The van der Waals surface area contributed by atoms with Gasteiger partial charge >= 0.3 is 0 Å². The van der Waals surface area contributed by atoms with Crippen LogP contribution in [0.1, 0.15) is 28.0 Å². The Labute approximate surface area is 76.8 Å². The molecule has 4 nitrogen and oxygen atoms in total. The highest BCUT2D eigenvalue weighted by atomic mass is 19.3. The van der Waals surface area contributed by atoms with E-state index in [1.54, 1.807) is 4.98 Å². The first-order valence-electron chi connectivity index (χ1n) is 3.50. The van der Waals surface area contributed by atoms with E-state index in [2.05, 4.69) is 0 Å². The van der Waals surface area contributed by atoms with Crippen molar-refractivity contribution < 1.29 is 13.6 Å². The van der Waals surface area contributed by atoms with Crippen LogP contribution >= 0.6 is 0 Å². The number of hydrogen-bond donors (Lipinski definition) is 1. The van der Waals surface area contributed by atoms with Crippen molar-refractivity contribution in [3.63, 3.8) is 0 Å². The summed E-state index contributed by atoms with van der Waals surface area (Å²) in [5.74, 6) is 0. The topological polar surface area (TPSA) is 73.7 Å². The van der Waals surface area contributed by atoms with Crippen LogP contribution in [0, 0.1) is 11.3 Å². The Kier molecular flexibility index (Phi) is 2.72. The number of aldehydes is 1. The minimum Gasteiger partial charge on any atom is -0.319 e. The number of aromatic nitrogens is 1. The van der Waals surface area contributed by atoms with Gasteiger partial charge in [0.1, 0.15) is 11.6 Å². The molecule has 0 saturated carbocycles. The lowest BCUT2D eigenvalue weighted by Crippen LogP contribution is -2.15. The summed E-state index contributed by atoms with van der Waals surface area (Å²) in [5.41, 5.74) is -2.43. The lowest BCUT2D eigenvalue weighted by atomic mass is 10.1. The number of aromatic amines is 1. The fraction of sp³-hybridized carbons (Fsp3) is 0.125. The molecule has 0 aliphatic carbocycles. The van der Waals surface area contributed by atoms with Crippen LogP contribution in [-0.4, -0.2) is 11.3 Å². The van der Waals surface area contributed by atoms with Gasteiger partial charge in [0.25, 0.3) is 12.0 Å². The Morgan fingerprint density at radius 3 is 2.64 bits per heavy atom. The van der Waals surface area contributed by atoms with Crippen molar-refractivity contribution in [3.05, 3.63) is 33.2 Å². The minimum atomic E-state index is -2.95. The molecule has 1 rings (SSSR count). The van der Waals surface area contributed by atoms with Crippen LogP contribution in [0.15, 0.2) is 10.9 Å². The number of carbonyl (C=O) groups is 1. The molecule has 1 aromatic rings. The Morgan fingerprint density at radius 2 is 2.21 bits per heavy atom. The number of nitrogens with zero attached hydrogens (tertiary/aromatic N) is 1. The van der Waals surface area contributed by atoms with Gasteiger partial charge < -0.3 is 4.98 Å². The highest BCUT2D eigenvalue weighted by molar-refractivity contribution is 5.77. The number of rotatable bonds is 2. The van der Waals surface area contributed by atoms with Crippen molar-refractivity contribution >= 4 is 6.29 Å². The van der Waals surface area contributed by atoms with Crippen LogP contribution in [0.5, 0.6) is 0 Å². The van der Waals surface area contributed by atoms with Gasteiger partial charge in [-0.2, -0.15) is 5.26 Å². The van der Waals surface area contributed by atoms with Crippen molar-refractivity contribution in [2.45, 2.75) is 6.43 Å². The molecular weight excluding hydrogens is 194 g/mol. The van der Waals surface area contributed by atoms with Gasteiger partial charge in [-0.25, -0.2) is 8.78 Å². The fourth-order valence-corrected chi connectivity index (χ4v) is 0.922. The van der Waals surface area contributed by atoms with Gasteiger partial charge in [0.05, 0.1) is 5.69 Å². The Balaban J connectivity index is 3.49. The monoisotopic (exact) mass is 198 g/mol. The third-order valence-electron chi connectivity index (χ3n) is 1.57. The van der Waals surface area contributed by atoms with E-state index in [4.69, 9.17) is 5.26 Å². The van der Waals surface area contributed by atoms with Crippen molar-refractivity contribution in [1.29, 1.82) is 5.26 Å². The van der Waals surface area contributed by atoms with Gasteiger partial charge in [0.15, 0.2) is 6.29 Å². The van der Waals surface area contributed by atoms with E-state index in [9.17, 15) is 18.4 Å². The first-order valence-corrected chi connectivity index (χ1v) is 3.50. The van der Waals surface area contributed by atoms with Crippen molar-refractivity contribution in [2.75, 3.05) is 0 Å². The number of carbonyl (C=O) groups excluding carboxylic acids is 1. The number of hydrogen-bond acceptors (Lipinski definition) is 3. The molecule has 0 spiro atoms. The molecule has 0 saturated heterocycles. The van der Waals surface area contributed by atoms with Crippen LogP contribution in [0.3, 0.4) is 0 Å². The lowest BCUT2D eigenvalue weighted by Gasteiger charge is -2.02. The molecule has 1 aromatic heterocycles. The maximum atomic E-state index is 12.2. The minimum absolute atomic E-state index is 0.165. The third-order valence-corrected chi connectivity index (χ3v) is 1.57. The zero-order chi connectivity index (χ0) is 10.7. The zero-order valence-electron chi connectivity index (χ0n) is 6.75. The summed E-state index contributed by atoms with van der Waals surface area (Å²) >= 11 is 0. The molecule has 0 aliphatic rings. The number of pyridine rings is 1. The highest BCUT2D eigenvalue weighted by Gasteiger charge is 2.15. The SMILES string of the molecule is N#Cc1cc(C=O)c(C(F)F)[nH]c1=O. The largest absolute Gasteiger partial charge is 0.319 e. The average molecular weight is 198 g/mol. The van der Waals surface area contributed by atoms with Gasteiger partial charge in [-0.15, -0.1) is 0 Å². The van der Waals surface area contributed by atoms with Crippen molar-refractivity contribution in [1.82, 2.24) is 4.98 Å². The predicted octanol–water partition coefficient (Wildman–Crippen LogP) is 0.997. The fourth-order valence-electron chi connectivity index (χ4n) is 0.922. The summed E-state index contributed by atoms with van der Waals surface area (Å²) < 4.78 is 24.4. The summed E-state index contributed by atoms with van der Waals surface area (Å²) in [6.07, 6.45) is -2.78. The average Bonchev–Trinajstić information content (AvgIpc) is 2.17. The summed E-state index contributed by atoms with van der Waals surface area (Å²) in [6, 6.07) is 2.33. The predicted molar refractivity (Wildman–Crippen MR) is 42.1 cm³/mol. The Bertz CT molecular complexity index is 459. The summed E-state index contributed by atoms with van der Waals surface area (Å²) in [7, 11) is 0. The van der Waals surface area contributed by atoms with Crippen LogP contribution in [0.25, 0.3) is 0 Å².